The summed E-state index contributed by atoms with van der Waals surface area (Å²) in [5.74, 6) is 0. The molecular weight excluding hydrogens is 1010 g/mol. The predicted molar refractivity (Wildman–Crippen MR) is 365 cm³/mol. The van der Waals surface area contributed by atoms with Gasteiger partial charge in [0.05, 0.1) is 0 Å². The Balaban J connectivity index is 0.000000128. The SMILES string of the molecule is c1ccc2c(c1)cc(-c1c3ccccc3c(-c3ccc4ccc5cccc6ccc3c4c56)c3ccccc13)c1ccccc12.c1ccc2cc(-c3c4ccccc4c(-c4ccc5ccc6cccc7ccc4c5c67)c4ccccc34)ccc2c1. The van der Waals surface area contributed by atoms with Gasteiger partial charge in [0, 0.05) is 0 Å². The lowest BCUT2D eigenvalue weighted by Crippen LogP contribution is -1.93. The highest BCUT2D eigenvalue weighted by molar-refractivity contribution is 6.32. The standard InChI is InChI=1S/C44H26.C40H24/c1-2-13-31-30(10-1)26-40(33-15-4-3-14-32(31)33)44-36-18-7-5-16-34(36)43(35-17-6-8-19-37(35)44)39-25-23-29-21-20-27-11-9-12-28-22-24-38(39)42(29)41(27)28;1-2-9-29-24-30(19-16-25(29)8-1)38-31-12-3-5-14-33(31)40(34-15-6-4-13-32(34)38)36-23-21-28-18-17-26-10-7-11-27-20-22-35(36)39(28)37(26)27/h1-26H;1-24H. The average Bonchev–Trinajstić information content (AvgIpc) is 1.08. The van der Waals surface area contributed by atoms with Crippen LogP contribution in [0, 0.1) is 0 Å². The second kappa shape index (κ2) is 18.3. The van der Waals surface area contributed by atoms with Crippen LogP contribution in [0.5, 0.6) is 0 Å². The Bertz CT molecular complexity index is 5770. The Kier molecular flexibility index (Phi) is 10.2. The van der Waals surface area contributed by atoms with E-state index < -0.39 is 0 Å². The third-order valence-corrected chi connectivity index (χ3v) is 18.5. The van der Waals surface area contributed by atoms with E-state index in [9.17, 15) is 0 Å². The smallest absolute Gasteiger partial charge is 0.00199 e. The fraction of sp³-hybridized carbons (Fsp3) is 0. The molecule has 0 saturated heterocycles. The predicted octanol–water partition coefficient (Wildman–Crippen LogP) is 23.9. The number of benzene rings is 19. The van der Waals surface area contributed by atoms with Crippen LogP contribution in [0.2, 0.25) is 0 Å². The van der Waals surface area contributed by atoms with E-state index >= 15 is 0 Å². The van der Waals surface area contributed by atoms with E-state index in [1.807, 2.05) is 0 Å². The van der Waals surface area contributed by atoms with Crippen LogP contribution in [-0.4, -0.2) is 0 Å². The Morgan fingerprint density at radius 2 is 0.440 bits per heavy atom. The molecular formula is C84H50. The highest BCUT2D eigenvalue weighted by atomic mass is 14.3. The zero-order valence-electron chi connectivity index (χ0n) is 45.9. The van der Waals surface area contributed by atoms with Gasteiger partial charge >= 0.3 is 0 Å². The van der Waals surface area contributed by atoms with Crippen LogP contribution in [0.25, 0.3) is 185 Å². The molecule has 0 N–H and O–H groups in total. The maximum Gasteiger partial charge on any atom is -0.00199 e. The van der Waals surface area contributed by atoms with E-state index in [1.165, 1.54) is 185 Å². The molecule has 0 atom stereocenters. The van der Waals surface area contributed by atoms with Crippen molar-refractivity contribution in [1.29, 1.82) is 0 Å². The first kappa shape index (κ1) is 46.8. The first-order chi connectivity index (χ1) is 41.7. The number of rotatable bonds is 4. The summed E-state index contributed by atoms with van der Waals surface area (Å²) in [6.45, 7) is 0. The topological polar surface area (TPSA) is 0 Å². The van der Waals surface area contributed by atoms with Crippen LogP contribution >= 0.6 is 0 Å². The normalized spacial score (nSPS) is 12.0. The quantitative estimate of drug-likeness (QED) is 0.122. The molecule has 0 spiro atoms. The van der Waals surface area contributed by atoms with Gasteiger partial charge in [-0.15, -0.1) is 0 Å². The molecule has 19 rings (SSSR count). The lowest BCUT2D eigenvalue weighted by atomic mass is 9.82. The van der Waals surface area contributed by atoms with Gasteiger partial charge in [-0.05, 0) is 197 Å². The van der Waals surface area contributed by atoms with Gasteiger partial charge in [0.25, 0.3) is 0 Å². The van der Waals surface area contributed by atoms with E-state index in [1.54, 1.807) is 0 Å². The summed E-state index contributed by atoms with van der Waals surface area (Å²) in [5.41, 5.74) is 10.4. The van der Waals surface area contributed by atoms with Gasteiger partial charge in [0.1, 0.15) is 0 Å². The van der Waals surface area contributed by atoms with E-state index in [2.05, 4.69) is 303 Å². The molecule has 19 aromatic rings. The van der Waals surface area contributed by atoms with Crippen molar-refractivity contribution in [2.75, 3.05) is 0 Å². The van der Waals surface area contributed by atoms with Crippen LogP contribution in [0.4, 0.5) is 0 Å². The molecule has 0 heterocycles. The van der Waals surface area contributed by atoms with Crippen molar-refractivity contribution in [3.05, 3.63) is 303 Å². The molecule has 0 aliphatic heterocycles. The summed E-state index contributed by atoms with van der Waals surface area (Å²) >= 11 is 0. The number of hydrogen-bond acceptors (Lipinski definition) is 0. The molecule has 0 saturated carbocycles. The summed E-state index contributed by atoms with van der Waals surface area (Å²) in [6.07, 6.45) is 0. The second-order valence-corrected chi connectivity index (χ2v) is 22.9. The van der Waals surface area contributed by atoms with E-state index in [-0.39, 0.29) is 0 Å². The lowest BCUT2D eigenvalue weighted by Gasteiger charge is -2.21. The fourth-order valence-electron chi connectivity index (χ4n) is 15.0. The van der Waals surface area contributed by atoms with Crippen LogP contribution in [0.3, 0.4) is 0 Å². The molecule has 386 valence electrons. The summed E-state index contributed by atoms with van der Waals surface area (Å²) in [6, 6.07) is 112. The Hall–Kier alpha value is -10.9. The first-order valence-electron chi connectivity index (χ1n) is 29.3. The molecule has 0 heteroatoms. The molecule has 0 unspecified atom stereocenters. The maximum atomic E-state index is 2.40. The van der Waals surface area contributed by atoms with Gasteiger partial charge in [-0.1, -0.05) is 291 Å². The van der Waals surface area contributed by atoms with Crippen LogP contribution in [-0.2, 0) is 0 Å². The van der Waals surface area contributed by atoms with Crippen molar-refractivity contribution in [3.63, 3.8) is 0 Å². The van der Waals surface area contributed by atoms with E-state index in [0.717, 1.165) is 0 Å². The molecule has 0 bridgehead atoms. The zero-order valence-corrected chi connectivity index (χ0v) is 45.9. The molecule has 19 aromatic carbocycles. The zero-order chi connectivity index (χ0) is 55.0. The fourth-order valence-corrected chi connectivity index (χ4v) is 15.0. The molecule has 0 aromatic heterocycles. The van der Waals surface area contributed by atoms with E-state index in [4.69, 9.17) is 0 Å². The molecule has 0 nitrogen and oxygen atoms in total. The van der Waals surface area contributed by atoms with Crippen LogP contribution in [0.1, 0.15) is 0 Å². The monoisotopic (exact) mass is 1060 g/mol. The van der Waals surface area contributed by atoms with Gasteiger partial charge in [-0.3, -0.25) is 0 Å². The van der Waals surface area contributed by atoms with Crippen LogP contribution < -0.4 is 0 Å². The van der Waals surface area contributed by atoms with E-state index in [0.29, 0.717) is 0 Å². The molecule has 0 fully saturated rings. The van der Waals surface area contributed by atoms with Crippen molar-refractivity contribution in [1.82, 2.24) is 0 Å². The maximum absolute atomic E-state index is 2.40. The second-order valence-electron chi connectivity index (χ2n) is 22.9. The number of fused-ring (bicyclic) bond motifs is 8. The highest BCUT2D eigenvalue weighted by Crippen LogP contribution is 2.51. The van der Waals surface area contributed by atoms with Crippen molar-refractivity contribution < 1.29 is 0 Å². The minimum absolute atomic E-state index is 1.26. The van der Waals surface area contributed by atoms with Crippen molar-refractivity contribution in [2.45, 2.75) is 0 Å². The lowest BCUT2D eigenvalue weighted by molar-refractivity contribution is 1.69. The third-order valence-electron chi connectivity index (χ3n) is 18.5. The third kappa shape index (κ3) is 6.89. The van der Waals surface area contributed by atoms with Crippen molar-refractivity contribution in [3.8, 4) is 44.5 Å². The minimum atomic E-state index is 1.26. The number of hydrogen-bond donors (Lipinski definition) is 0. The van der Waals surface area contributed by atoms with Gasteiger partial charge in [-0.25, -0.2) is 0 Å². The van der Waals surface area contributed by atoms with Crippen molar-refractivity contribution >= 4 is 140 Å². The van der Waals surface area contributed by atoms with Crippen LogP contribution in [0.15, 0.2) is 303 Å². The van der Waals surface area contributed by atoms with Gasteiger partial charge in [0.15, 0.2) is 0 Å². The molecule has 0 amide bonds. The summed E-state index contributed by atoms with van der Waals surface area (Å²) < 4.78 is 0. The highest BCUT2D eigenvalue weighted by Gasteiger charge is 2.23. The largest absolute Gasteiger partial charge is 0.0616 e. The molecule has 84 heavy (non-hydrogen) atoms. The molecule has 0 radical (unpaired) electrons. The summed E-state index contributed by atoms with van der Waals surface area (Å²) in [5, 5.41) is 33.8. The molecule has 0 aliphatic rings. The Morgan fingerprint density at radius 3 is 0.905 bits per heavy atom. The van der Waals surface area contributed by atoms with Gasteiger partial charge < -0.3 is 0 Å². The Labute approximate surface area is 485 Å². The summed E-state index contributed by atoms with van der Waals surface area (Å²) in [7, 11) is 0. The average molecular weight is 1060 g/mol. The van der Waals surface area contributed by atoms with Gasteiger partial charge in [-0.2, -0.15) is 0 Å². The first-order valence-corrected chi connectivity index (χ1v) is 29.3. The Morgan fingerprint density at radius 1 is 0.131 bits per heavy atom. The molecule has 0 aliphatic carbocycles. The van der Waals surface area contributed by atoms with Crippen molar-refractivity contribution in [2.24, 2.45) is 0 Å². The minimum Gasteiger partial charge on any atom is -0.0616 e. The van der Waals surface area contributed by atoms with Gasteiger partial charge in [0.2, 0.25) is 0 Å². The summed E-state index contributed by atoms with van der Waals surface area (Å²) in [4.78, 5) is 0.